The molecule has 2 aromatic rings. The second kappa shape index (κ2) is 11.3. The van der Waals surface area contributed by atoms with Crippen molar-refractivity contribution < 1.29 is 0 Å². The Morgan fingerprint density at radius 3 is 1.81 bits per heavy atom. The molecule has 3 fully saturated rings. The molecule has 190 valence electrons. The monoisotopic (exact) mass is 482 g/mol. The largest absolute Gasteiger partial charge is 0.426 e. The summed E-state index contributed by atoms with van der Waals surface area (Å²) in [7, 11) is 4.64. The number of aryl methyl sites for hydroxylation is 3. The average Bonchev–Trinajstić information content (AvgIpc) is 2.89. The maximum Gasteiger partial charge on any atom is 0.426 e. The van der Waals surface area contributed by atoms with Gasteiger partial charge < -0.3 is 9.53 Å². The molecule has 4 nitrogen and oxygen atoms in total. The maximum absolute atomic E-state index is 4.11. The predicted octanol–water partition coefficient (Wildman–Crippen LogP) is 5.64. The summed E-state index contributed by atoms with van der Waals surface area (Å²) in [6.45, 7) is 11.1. The molecule has 3 aliphatic rings. The van der Waals surface area contributed by atoms with E-state index >= 15 is 0 Å². The third kappa shape index (κ3) is 5.14. The lowest BCUT2D eigenvalue weighted by molar-refractivity contribution is 0.182. The van der Waals surface area contributed by atoms with E-state index in [-0.39, 0.29) is 14.1 Å². The minimum Gasteiger partial charge on any atom is -0.414 e. The van der Waals surface area contributed by atoms with Gasteiger partial charge in [0.2, 0.25) is 0 Å². The van der Waals surface area contributed by atoms with Crippen LogP contribution in [0.4, 0.5) is 5.69 Å². The molecular formula is C30H44B2N4. The van der Waals surface area contributed by atoms with Crippen LogP contribution in [0, 0.1) is 27.4 Å². The zero-order valence-electron chi connectivity index (χ0n) is 23.2. The SMILES string of the molecule is Cc1cc(C)c(N2B(c3ccccc3)N(C3CCCCC3)[C]N(C3CCCCC3)B2N(C)C)c(C)c1. The van der Waals surface area contributed by atoms with Gasteiger partial charge in [0.25, 0.3) is 0 Å². The maximum atomic E-state index is 4.11. The smallest absolute Gasteiger partial charge is 0.414 e. The summed E-state index contributed by atoms with van der Waals surface area (Å²) < 4.78 is 2.75. The molecule has 6 heteroatoms. The highest BCUT2D eigenvalue weighted by molar-refractivity contribution is 6.88. The Bertz CT molecular complexity index is 978. The molecule has 1 saturated heterocycles. The Morgan fingerprint density at radius 1 is 0.750 bits per heavy atom. The Morgan fingerprint density at radius 2 is 1.28 bits per heavy atom. The van der Waals surface area contributed by atoms with Gasteiger partial charge in [-0.05, 0) is 77.1 Å². The molecule has 1 heterocycles. The molecule has 0 amide bonds. The van der Waals surface area contributed by atoms with Gasteiger partial charge in [0.05, 0.1) is 0 Å². The quantitative estimate of drug-likeness (QED) is 0.512. The van der Waals surface area contributed by atoms with Crippen LogP contribution in [0.25, 0.3) is 0 Å². The van der Waals surface area contributed by atoms with E-state index in [1.165, 1.54) is 92.0 Å². The molecule has 2 aromatic carbocycles. The lowest BCUT2D eigenvalue weighted by Gasteiger charge is -2.57. The van der Waals surface area contributed by atoms with Crippen molar-refractivity contribution in [2.45, 2.75) is 97.1 Å². The van der Waals surface area contributed by atoms with Gasteiger partial charge in [-0.15, -0.1) is 0 Å². The molecule has 0 bridgehead atoms. The Labute approximate surface area is 221 Å². The molecule has 0 N–H and O–H groups in total. The summed E-state index contributed by atoms with van der Waals surface area (Å²) in [6.07, 6.45) is 13.1. The van der Waals surface area contributed by atoms with Gasteiger partial charge in [0.1, 0.15) is 6.67 Å². The van der Waals surface area contributed by atoms with Crippen LogP contribution in [0.3, 0.4) is 0 Å². The van der Waals surface area contributed by atoms with Crippen molar-refractivity contribution in [3.8, 4) is 0 Å². The van der Waals surface area contributed by atoms with E-state index in [0.29, 0.717) is 12.1 Å². The van der Waals surface area contributed by atoms with E-state index in [1.807, 2.05) is 0 Å². The molecule has 2 radical (unpaired) electrons. The first-order valence-electron chi connectivity index (χ1n) is 14.4. The Balaban J connectivity index is 1.70. The highest BCUT2D eigenvalue weighted by atomic mass is 15.5. The van der Waals surface area contributed by atoms with Crippen molar-refractivity contribution in [2.75, 3.05) is 18.8 Å². The fraction of sp³-hybridized carbons (Fsp3) is 0.567. The summed E-state index contributed by atoms with van der Waals surface area (Å²) in [6, 6.07) is 17.0. The Hall–Kier alpha value is -1.75. The van der Waals surface area contributed by atoms with Gasteiger partial charge in [0, 0.05) is 17.8 Å². The molecule has 0 atom stereocenters. The van der Waals surface area contributed by atoms with Crippen molar-refractivity contribution in [2.24, 2.45) is 0 Å². The minimum absolute atomic E-state index is 0.123. The van der Waals surface area contributed by atoms with Crippen molar-refractivity contribution in [3.05, 3.63) is 65.8 Å². The number of rotatable bonds is 5. The number of hydrogen-bond donors (Lipinski definition) is 0. The predicted molar refractivity (Wildman–Crippen MR) is 155 cm³/mol. The van der Waals surface area contributed by atoms with E-state index in [1.54, 1.807) is 0 Å². The number of nitrogens with zero attached hydrogens (tertiary/aromatic N) is 4. The second-order valence-corrected chi connectivity index (χ2v) is 11.7. The van der Waals surface area contributed by atoms with Crippen molar-refractivity contribution >= 4 is 25.3 Å². The van der Waals surface area contributed by atoms with E-state index < -0.39 is 0 Å². The van der Waals surface area contributed by atoms with Crippen LogP contribution in [0.1, 0.15) is 80.9 Å². The van der Waals surface area contributed by atoms with Gasteiger partial charge in [-0.25, -0.2) is 0 Å². The summed E-state index contributed by atoms with van der Waals surface area (Å²) in [4.78, 5) is 7.71. The fourth-order valence-electron chi connectivity index (χ4n) is 7.17. The van der Waals surface area contributed by atoms with E-state index in [9.17, 15) is 0 Å². The molecule has 2 saturated carbocycles. The highest BCUT2D eigenvalue weighted by Gasteiger charge is 2.53. The lowest BCUT2D eigenvalue weighted by atomic mass is 9.53. The van der Waals surface area contributed by atoms with E-state index in [0.717, 1.165) is 0 Å². The van der Waals surface area contributed by atoms with Crippen molar-refractivity contribution in [1.82, 2.24) is 14.4 Å². The van der Waals surface area contributed by atoms with Crippen molar-refractivity contribution in [1.29, 1.82) is 0 Å². The first kappa shape index (κ1) is 25.9. The molecule has 0 unspecified atom stereocenters. The van der Waals surface area contributed by atoms with Crippen LogP contribution >= 0.6 is 0 Å². The molecule has 0 aromatic heterocycles. The minimum atomic E-state index is 0.123. The first-order valence-corrected chi connectivity index (χ1v) is 14.4. The zero-order valence-corrected chi connectivity index (χ0v) is 23.2. The fourth-order valence-corrected chi connectivity index (χ4v) is 7.17. The van der Waals surface area contributed by atoms with E-state index in [4.69, 9.17) is 0 Å². The molecule has 2 aliphatic carbocycles. The van der Waals surface area contributed by atoms with Crippen LogP contribution in [-0.2, 0) is 0 Å². The van der Waals surface area contributed by atoms with E-state index in [2.05, 4.69) is 103 Å². The van der Waals surface area contributed by atoms with Crippen LogP contribution in [-0.4, -0.2) is 54.7 Å². The summed E-state index contributed by atoms with van der Waals surface area (Å²) >= 11 is 0. The summed E-state index contributed by atoms with van der Waals surface area (Å²) in [5, 5.41) is 0. The molecular weight excluding hydrogens is 438 g/mol. The second-order valence-electron chi connectivity index (χ2n) is 11.7. The Kier molecular flexibility index (Phi) is 8.14. The number of hydrogen-bond acceptors (Lipinski definition) is 4. The van der Waals surface area contributed by atoms with Gasteiger partial charge in [-0.3, -0.25) is 9.62 Å². The third-order valence-corrected chi connectivity index (χ3v) is 8.64. The standard InChI is InChI=1S/C30H44B2N4/c1-24-21-25(2)30(26(3)22-24)36-31(27-15-9-6-10-16-27)34(28-17-11-7-12-18-28)23-35(32(36)33(4)5)29-19-13-8-14-20-29/h6,9-10,15-16,21-22,28-29H,7-8,11-14,17-20H2,1-5H3. The lowest BCUT2D eigenvalue weighted by Crippen LogP contribution is -2.79. The highest BCUT2D eigenvalue weighted by Crippen LogP contribution is 2.38. The first-order chi connectivity index (χ1) is 17.5. The average molecular weight is 482 g/mol. The molecule has 36 heavy (non-hydrogen) atoms. The topological polar surface area (TPSA) is 13.0 Å². The van der Waals surface area contributed by atoms with Gasteiger partial charge in [-0.1, -0.05) is 86.6 Å². The van der Waals surface area contributed by atoms with Crippen LogP contribution in [0.5, 0.6) is 0 Å². The van der Waals surface area contributed by atoms with Crippen LogP contribution < -0.4 is 10.2 Å². The van der Waals surface area contributed by atoms with Gasteiger partial charge >= 0.3 is 14.1 Å². The zero-order chi connectivity index (χ0) is 25.2. The summed E-state index contributed by atoms with van der Waals surface area (Å²) in [5.74, 6) is 0. The van der Waals surface area contributed by atoms with Crippen LogP contribution in [0.15, 0.2) is 42.5 Å². The van der Waals surface area contributed by atoms with Gasteiger partial charge in [0.15, 0.2) is 0 Å². The molecule has 1 aliphatic heterocycles. The van der Waals surface area contributed by atoms with Crippen LogP contribution in [0.2, 0.25) is 0 Å². The van der Waals surface area contributed by atoms with Gasteiger partial charge in [-0.2, -0.15) is 0 Å². The third-order valence-electron chi connectivity index (χ3n) is 8.64. The molecule has 0 spiro atoms. The normalized spacial score (nSPS) is 21.6. The number of anilines is 1. The number of benzene rings is 2. The molecule has 5 rings (SSSR count). The van der Waals surface area contributed by atoms with Crippen molar-refractivity contribution in [3.63, 3.8) is 0 Å². The summed E-state index contributed by atoms with van der Waals surface area (Å²) in [5.41, 5.74) is 6.83.